The van der Waals surface area contributed by atoms with Crippen LogP contribution in [0.2, 0.25) is 0 Å². The third-order valence-corrected chi connectivity index (χ3v) is 3.41. The number of nitrogens with zero attached hydrogens (tertiary/aromatic N) is 2. The molecule has 1 aromatic rings. The van der Waals surface area contributed by atoms with Crippen LogP contribution in [0.25, 0.3) is 0 Å². The molecule has 1 aromatic heterocycles. The van der Waals surface area contributed by atoms with E-state index in [2.05, 4.69) is 16.0 Å². The van der Waals surface area contributed by atoms with Crippen molar-refractivity contribution in [3.63, 3.8) is 0 Å². The number of aliphatic carboxylic acids is 1. The van der Waals surface area contributed by atoms with Gasteiger partial charge in [-0.25, -0.2) is 4.98 Å². The first-order chi connectivity index (χ1) is 9.60. The molecule has 1 aliphatic heterocycles. The van der Waals surface area contributed by atoms with Crippen LogP contribution in [0.5, 0.6) is 0 Å². The van der Waals surface area contributed by atoms with Crippen LogP contribution in [-0.2, 0) is 9.59 Å². The highest BCUT2D eigenvalue weighted by atomic mass is 16.4. The summed E-state index contributed by atoms with van der Waals surface area (Å²) in [4.78, 5) is 28.3. The average molecular weight is 278 g/mol. The zero-order valence-corrected chi connectivity index (χ0v) is 11.2. The monoisotopic (exact) mass is 278 g/mol. The normalized spacial score (nSPS) is 15.9. The number of pyridine rings is 1. The molecule has 1 saturated heterocycles. The summed E-state index contributed by atoms with van der Waals surface area (Å²) in [5.74, 6) is -0.700. The molecule has 0 aromatic carbocycles. The molecule has 1 aliphatic rings. The lowest BCUT2D eigenvalue weighted by molar-refractivity contribution is -0.353. The number of anilines is 2. The Morgan fingerprint density at radius 3 is 2.60 bits per heavy atom. The molecule has 0 aliphatic carbocycles. The Kier molecular flexibility index (Phi) is 4.52. The summed E-state index contributed by atoms with van der Waals surface area (Å²) in [5.41, 5.74) is 4.13. The predicted molar refractivity (Wildman–Crippen MR) is 70.6 cm³/mol. The molecule has 0 spiro atoms. The lowest BCUT2D eigenvalue weighted by atomic mass is 9.97. The van der Waals surface area contributed by atoms with Crippen LogP contribution in [0.15, 0.2) is 18.3 Å². The Morgan fingerprint density at radius 2 is 2.10 bits per heavy atom. The first kappa shape index (κ1) is 14.3. The van der Waals surface area contributed by atoms with Crippen LogP contribution < -0.4 is 21.1 Å². The maximum Gasteiger partial charge on any atom is 0.279 e. The Balaban J connectivity index is 1.94. The fourth-order valence-electron chi connectivity index (χ4n) is 2.21. The van der Waals surface area contributed by atoms with Crippen molar-refractivity contribution >= 4 is 23.4 Å². The molecule has 0 radical (unpaired) electrons. The highest BCUT2D eigenvalue weighted by Crippen LogP contribution is 2.22. The van der Waals surface area contributed by atoms with Crippen molar-refractivity contribution < 1.29 is 20.4 Å². The van der Waals surface area contributed by atoms with Crippen molar-refractivity contribution in [2.45, 2.75) is 12.8 Å². The van der Waals surface area contributed by atoms with Crippen LogP contribution in [-0.4, -0.2) is 36.5 Å². The van der Waals surface area contributed by atoms with E-state index in [1.54, 1.807) is 12.3 Å². The minimum atomic E-state index is -0.969. The number of aromatic nitrogens is 1. The first-order valence-corrected chi connectivity index (χ1v) is 6.61. The summed E-state index contributed by atoms with van der Waals surface area (Å²) in [6, 6.07) is 3.60. The third-order valence-electron chi connectivity index (χ3n) is 3.41. The second kappa shape index (κ2) is 6.33. The predicted octanol–water partition coefficient (Wildman–Crippen LogP) is -1.77. The number of nitrogens with one attached hydrogen (secondary N) is 1. The van der Waals surface area contributed by atoms with Crippen molar-refractivity contribution in [2.75, 3.05) is 29.9 Å². The number of carbonyl (C=O) groups excluding carboxylic acids is 2. The molecule has 108 valence electrons. The number of amides is 1. The Hall–Kier alpha value is -2.15. The molecule has 2 heterocycles. The molecule has 20 heavy (non-hydrogen) atoms. The van der Waals surface area contributed by atoms with Gasteiger partial charge in [0.2, 0.25) is 0 Å². The molecule has 7 nitrogen and oxygen atoms in total. The lowest BCUT2D eigenvalue weighted by Crippen LogP contribution is -2.55. The number of piperidine rings is 1. The van der Waals surface area contributed by atoms with Crippen LogP contribution in [0.1, 0.15) is 12.8 Å². The number of quaternary nitrogens is 1. The van der Waals surface area contributed by atoms with Crippen LogP contribution in [0.3, 0.4) is 0 Å². The quantitative estimate of drug-likeness (QED) is 0.676. The summed E-state index contributed by atoms with van der Waals surface area (Å²) >= 11 is 0. The highest BCUT2D eigenvalue weighted by Gasteiger charge is 2.20. The first-order valence-electron chi connectivity index (χ1n) is 6.61. The number of rotatable bonds is 4. The maximum absolute atomic E-state index is 11.2. The van der Waals surface area contributed by atoms with E-state index in [-0.39, 0.29) is 18.4 Å². The summed E-state index contributed by atoms with van der Waals surface area (Å²) in [6.45, 7) is 1.48. The molecule has 1 amide bonds. The van der Waals surface area contributed by atoms with E-state index in [0.29, 0.717) is 31.6 Å². The van der Waals surface area contributed by atoms with Gasteiger partial charge in [-0.3, -0.25) is 4.79 Å². The highest BCUT2D eigenvalue weighted by molar-refractivity contribution is 5.91. The van der Waals surface area contributed by atoms with Gasteiger partial charge in [-0.15, -0.1) is 0 Å². The molecule has 0 saturated carbocycles. The Labute approximate surface area is 116 Å². The second-order valence-electron chi connectivity index (χ2n) is 4.78. The van der Waals surface area contributed by atoms with E-state index in [9.17, 15) is 14.7 Å². The van der Waals surface area contributed by atoms with Crippen molar-refractivity contribution in [3.05, 3.63) is 18.3 Å². The standard InChI is InChI=1S/C13H18N4O3/c14-7-12(18)16-10-1-2-11(15-8-10)17-5-3-9(4-6-17)13(19)20/h1-2,8-9H,3-7,14H2,(H,16,18)(H,19,20). The van der Waals surface area contributed by atoms with Gasteiger partial charge in [-0.2, -0.15) is 0 Å². The third kappa shape index (κ3) is 3.45. The van der Waals surface area contributed by atoms with Gasteiger partial charge in [0, 0.05) is 25.0 Å². The molecule has 7 heteroatoms. The van der Waals surface area contributed by atoms with E-state index in [0.717, 1.165) is 5.82 Å². The minimum Gasteiger partial charge on any atom is -0.550 e. The molecule has 0 atom stereocenters. The average Bonchev–Trinajstić information content (AvgIpc) is 2.48. The Morgan fingerprint density at radius 1 is 1.40 bits per heavy atom. The summed E-state index contributed by atoms with van der Waals surface area (Å²) < 4.78 is 0. The van der Waals surface area contributed by atoms with E-state index >= 15 is 0 Å². The van der Waals surface area contributed by atoms with Crippen molar-refractivity contribution in [3.8, 4) is 0 Å². The van der Waals surface area contributed by atoms with Gasteiger partial charge in [-0.05, 0) is 25.0 Å². The van der Waals surface area contributed by atoms with Gasteiger partial charge in [0.1, 0.15) is 5.82 Å². The molecule has 0 unspecified atom stereocenters. The molecule has 1 fully saturated rings. The van der Waals surface area contributed by atoms with Crippen molar-refractivity contribution in [2.24, 2.45) is 5.92 Å². The van der Waals surface area contributed by atoms with Gasteiger partial charge in [0.05, 0.1) is 11.9 Å². The number of hydrogen-bond acceptors (Lipinski definition) is 5. The van der Waals surface area contributed by atoms with Crippen LogP contribution in [0.4, 0.5) is 11.5 Å². The summed E-state index contributed by atoms with van der Waals surface area (Å²) in [7, 11) is 0. The summed E-state index contributed by atoms with van der Waals surface area (Å²) in [5, 5.41) is 13.5. The zero-order valence-electron chi connectivity index (χ0n) is 11.2. The number of carboxylic acids is 1. The van der Waals surface area contributed by atoms with E-state index in [1.807, 2.05) is 11.0 Å². The van der Waals surface area contributed by atoms with Crippen LogP contribution in [0, 0.1) is 5.92 Å². The summed E-state index contributed by atoms with van der Waals surface area (Å²) in [6.07, 6.45) is 2.74. The van der Waals surface area contributed by atoms with Crippen molar-refractivity contribution in [1.82, 2.24) is 4.98 Å². The molecular formula is C13H18N4O3. The van der Waals surface area contributed by atoms with Gasteiger partial charge in [0.15, 0.2) is 6.54 Å². The largest absolute Gasteiger partial charge is 0.550 e. The zero-order chi connectivity index (χ0) is 14.5. The van der Waals surface area contributed by atoms with Crippen molar-refractivity contribution in [1.29, 1.82) is 0 Å². The smallest absolute Gasteiger partial charge is 0.279 e. The van der Waals surface area contributed by atoms with Gasteiger partial charge in [-0.1, -0.05) is 0 Å². The second-order valence-corrected chi connectivity index (χ2v) is 4.78. The van der Waals surface area contributed by atoms with E-state index in [4.69, 9.17) is 0 Å². The SMILES string of the molecule is [NH3+]CC(=O)Nc1ccc(N2CCC(C(=O)[O-])CC2)nc1. The topological polar surface area (TPSA) is 113 Å². The fraction of sp³-hybridized carbons (Fsp3) is 0.462. The molecule has 4 N–H and O–H groups in total. The molecule has 0 bridgehead atoms. The number of carboxylic acid groups (broad SMARTS) is 1. The minimum absolute atomic E-state index is 0.158. The Bertz CT molecular complexity index is 481. The molecular weight excluding hydrogens is 260 g/mol. The fourth-order valence-corrected chi connectivity index (χ4v) is 2.21. The molecule has 2 rings (SSSR count). The van der Waals surface area contributed by atoms with E-state index in [1.165, 1.54) is 0 Å². The van der Waals surface area contributed by atoms with E-state index < -0.39 is 5.97 Å². The van der Waals surface area contributed by atoms with Crippen LogP contribution >= 0.6 is 0 Å². The number of hydrogen-bond donors (Lipinski definition) is 2. The maximum atomic E-state index is 11.2. The van der Waals surface area contributed by atoms with Gasteiger partial charge in [0.25, 0.3) is 5.91 Å². The van der Waals surface area contributed by atoms with Gasteiger partial charge >= 0.3 is 0 Å². The van der Waals surface area contributed by atoms with Gasteiger partial charge < -0.3 is 25.9 Å². The number of carbonyl (C=O) groups is 2. The lowest BCUT2D eigenvalue weighted by Gasteiger charge is -2.33.